The van der Waals surface area contributed by atoms with Crippen LogP contribution in [0.25, 0.3) is 0 Å². The Balaban J connectivity index is 1.45. The molecule has 4 rings (SSSR count). The van der Waals surface area contributed by atoms with Gasteiger partial charge in [-0.05, 0) is 40.2 Å². The number of benzene rings is 1. The molecule has 1 aliphatic carbocycles. The summed E-state index contributed by atoms with van der Waals surface area (Å²) in [6.07, 6.45) is 1.38. The summed E-state index contributed by atoms with van der Waals surface area (Å²) in [7, 11) is 0. The first kappa shape index (κ1) is 15.8. The van der Waals surface area contributed by atoms with Crippen LogP contribution in [0.1, 0.15) is 17.0 Å². The number of carbonyl (C=O) groups is 1. The van der Waals surface area contributed by atoms with Gasteiger partial charge in [0.05, 0.1) is 16.6 Å². The maximum atomic E-state index is 14.2. The highest BCUT2D eigenvalue weighted by Gasteiger charge is 2.57. The van der Waals surface area contributed by atoms with E-state index in [2.05, 4.69) is 31.5 Å². The Morgan fingerprint density at radius 3 is 2.96 bits per heavy atom. The van der Waals surface area contributed by atoms with Crippen LogP contribution in [0.5, 0.6) is 5.75 Å². The molecule has 1 fully saturated rings. The summed E-state index contributed by atoms with van der Waals surface area (Å²) < 4.78 is 20.5. The van der Waals surface area contributed by atoms with E-state index in [1.165, 1.54) is 12.3 Å². The molecule has 0 radical (unpaired) electrons. The quantitative estimate of drug-likeness (QED) is 0.807. The first-order valence-corrected chi connectivity index (χ1v) is 8.42. The molecule has 2 heterocycles. The fraction of sp³-hybridized carbons (Fsp3) is 0.235. The number of hydrogen-bond donors (Lipinski definition) is 2. The lowest BCUT2D eigenvalue weighted by atomic mass is 10.1. The number of anilines is 1. The maximum Gasteiger partial charge on any atom is 0.320 e. The van der Waals surface area contributed by atoms with Gasteiger partial charge in [0.15, 0.2) is 0 Å². The van der Waals surface area contributed by atoms with Gasteiger partial charge in [0.2, 0.25) is 0 Å². The molecule has 126 valence electrons. The SMILES string of the molecule is N#Cc1ccc(NC(=O)N[C@@H]2[C@@H]3COc4c(Br)ccc(F)c4[C@@H]32)nc1. The summed E-state index contributed by atoms with van der Waals surface area (Å²) in [6, 6.07) is 7.47. The van der Waals surface area contributed by atoms with Gasteiger partial charge in [-0.15, -0.1) is 0 Å². The average Bonchev–Trinajstić information content (AvgIpc) is 3.31. The fourth-order valence-electron chi connectivity index (χ4n) is 3.20. The minimum absolute atomic E-state index is 0.0518. The molecule has 1 aliphatic heterocycles. The van der Waals surface area contributed by atoms with Crippen LogP contribution in [0.3, 0.4) is 0 Å². The van der Waals surface area contributed by atoms with Gasteiger partial charge in [0.25, 0.3) is 0 Å². The first-order chi connectivity index (χ1) is 12.1. The van der Waals surface area contributed by atoms with E-state index in [1.54, 1.807) is 18.2 Å². The smallest absolute Gasteiger partial charge is 0.320 e. The number of amides is 2. The zero-order chi connectivity index (χ0) is 17.6. The molecule has 25 heavy (non-hydrogen) atoms. The van der Waals surface area contributed by atoms with Crippen molar-refractivity contribution in [2.45, 2.75) is 12.0 Å². The Labute approximate surface area is 151 Å². The highest BCUT2D eigenvalue weighted by molar-refractivity contribution is 9.10. The van der Waals surface area contributed by atoms with E-state index in [1.807, 2.05) is 6.07 Å². The third-order valence-corrected chi connectivity index (χ3v) is 5.07. The number of pyridine rings is 1. The Bertz CT molecular complexity index is 897. The molecule has 1 aromatic heterocycles. The molecular formula is C17H12BrFN4O2. The molecule has 1 saturated carbocycles. The van der Waals surface area contributed by atoms with Crippen molar-refractivity contribution in [2.75, 3.05) is 11.9 Å². The standard InChI is InChI=1S/C17H12BrFN4O2/c18-10-2-3-11(19)14-13-9(7-25-16(10)14)15(13)23-17(24)22-12-4-1-8(5-20)6-21-12/h1-4,6,9,13,15H,7H2,(H2,21,22,23,24)/t9-,13-,15-/m1/s1. The second kappa shape index (κ2) is 6.01. The molecule has 1 aromatic carbocycles. The number of ether oxygens (including phenoxy) is 1. The van der Waals surface area contributed by atoms with E-state index < -0.39 is 6.03 Å². The number of nitrogens with one attached hydrogen (secondary N) is 2. The third-order valence-electron chi connectivity index (χ3n) is 4.45. The summed E-state index contributed by atoms with van der Waals surface area (Å²) in [5.41, 5.74) is 0.918. The molecule has 3 atom stereocenters. The molecule has 6 nitrogen and oxygen atoms in total. The Morgan fingerprint density at radius 2 is 2.24 bits per heavy atom. The van der Waals surface area contributed by atoms with Gasteiger partial charge >= 0.3 is 6.03 Å². The zero-order valence-corrected chi connectivity index (χ0v) is 14.4. The van der Waals surface area contributed by atoms with Crippen LogP contribution < -0.4 is 15.4 Å². The predicted molar refractivity (Wildman–Crippen MR) is 90.7 cm³/mol. The van der Waals surface area contributed by atoms with Gasteiger partial charge < -0.3 is 10.1 Å². The molecule has 2 aromatic rings. The normalized spacial score (nSPS) is 22.7. The summed E-state index contributed by atoms with van der Waals surface area (Å²) >= 11 is 3.37. The van der Waals surface area contributed by atoms with Gasteiger partial charge in [0.1, 0.15) is 23.5 Å². The molecule has 0 unspecified atom stereocenters. The molecule has 2 N–H and O–H groups in total. The lowest BCUT2D eigenvalue weighted by Gasteiger charge is -2.17. The Hall–Kier alpha value is -2.66. The Kier molecular flexibility index (Phi) is 3.81. The first-order valence-electron chi connectivity index (χ1n) is 7.63. The van der Waals surface area contributed by atoms with Crippen molar-refractivity contribution >= 4 is 27.8 Å². The Morgan fingerprint density at radius 1 is 1.40 bits per heavy atom. The minimum atomic E-state index is -0.423. The number of halogens is 2. The number of aromatic nitrogens is 1. The number of fused-ring (bicyclic) bond motifs is 3. The summed E-state index contributed by atoms with van der Waals surface area (Å²) in [5, 5.41) is 14.2. The third kappa shape index (κ3) is 2.81. The van der Waals surface area contributed by atoms with Gasteiger partial charge in [-0.25, -0.2) is 14.2 Å². The second-order valence-electron chi connectivity index (χ2n) is 5.94. The van der Waals surface area contributed by atoms with Gasteiger partial charge in [-0.2, -0.15) is 5.26 Å². The van der Waals surface area contributed by atoms with Crippen molar-refractivity contribution in [3.8, 4) is 11.8 Å². The summed E-state index contributed by atoms with van der Waals surface area (Å²) in [5.74, 6) is 0.480. The molecule has 0 spiro atoms. The van der Waals surface area contributed by atoms with Gasteiger partial charge in [0, 0.05) is 29.6 Å². The second-order valence-corrected chi connectivity index (χ2v) is 6.80. The maximum absolute atomic E-state index is 14.2. The lowest BCUT2D eigenvalue weighted by Crippen LogP contribution is -2.32. The number of carbonyl (C=O) groups excluding carboxylic acids is 1. The van der Waals surface area contributed by atoms with E-state index >= 15 is 0 Å². The molecule has 8 heteroatoms. The topological polar surface area (TPSA) is 87.0 Å². The van der Waals surface area contributed by atoms with E-state index in [0.29, 0.717) is 33.8 Å². The van der Waals surface area contributed by atoms with Crippen LogP contribution >= 0.6 is 15.9 Å². The van der Waals surface area contributed by atoms with Crippen molar-refractivity contribution in [3.05, 3.63) is 51.9 Å². The van der Waals surface area contributed by atoms with Gasteiger partial charge in [-0.3, -0.25) is 5.32 Å². The summed E-state index contributed by atoms with van der Waals surface area (Å²) in [4.78, 5) is 16.1. The molecule has 0 bridgehead atoms. The molecule has 2 aliphatic rings. The minimum Gasteiger partial charge on any atom is -0.492 e. The van der Waals surface area contributed by atoms with E-state index in [4.69, 9.17) is 10.00 Å². The van der Waals surface area contributed by atoms with E-state index in [-0.39, 0.29) is 23.7 Å². The highest BCUT2D eigenvalue weighted by Crippen LogP contribution is 2.56. The molecule has 0 saturated heterocycles. The number of rotatable bonds is 2. The largest absolute Gasteiger partial charge is 0.492 e. The number of nitrogens with zero attached hydrogens (tertiary/aromatic N) is 2. The lowest BCUT2D eigenvalue weighted by molar-refractivity contribution is 0.249. The van der Waals surface area contributed by atoms with Crippen molar-refractivity contribution in [1.29, 1.82) is 5.26 Å². The summed E-state index contributed by atoms with van der Waals surface area (Å²) in [6.45, 7) is 0.430. The van der Waals surface area contributed by atoms with Crippen molar-refractivity contribution < 1.29 is 13.9 Å². The number of urea groups is 1. The van der Waals surface area contributed by atoms with Crippen LogP contribution in [-0.2, 0) is 0 Å². The van der Waals surface area contributed by atoms with Crippen LogP contribution in [0.15, 0.2) is 34.9 Å². The van der Waals surface area contributed by atoms with E-state index in [0.717, 1.165) is 0 Å². The highest BCUT2D eigenvalue weighted by atomic mass is 79.9. The van der Waals surface area contributed by atoms with Crippen molar-refractivity contribution in [2.24, 2.45) is 5.92 Å². The van der Waals surface area contributed by atoms with Crippen LogP contribution in [0, 0.1) is 23.1 Å². The predicted octanol–water partition coefficient (Wildman–Crippen LogP) is 3.15. The van der Waals surface area contributed by atoms with E-state index in [9.17, 15) is 9.18 Å². The molecular weight excluding hydrogens is 391 g/mol. The van der Waals surface area contributed by atoms with Crippen LogP contribution in [0.4, 0.5) is 15.0 Å². The monoisotopic (exact) mass is 402 g/mol. The van der Waals surface area contributed by atoms with Gasteiger partial charge in [-0.1, -0.05) is 0 Å². The molecule has 2 amide bonds. The van der Waals surface area contributed by atoms with Crippen molar-refractivity contribution in [1.82, 2.24) is 10.3 Å². The zero-order valence-electron chi connectivity index (χ0n) is 12.8. The van der Waals surface area contributed by atoms with Crippen molar-refractivity contribution in [3.63, 3.8) is 0 Å². The van der Waals surface area contributed by atoms with Crippen LogP contribution in [-0.4, -0.2) is 23.7 Å². The number of hydrogen-bond acceptors (Lipinski definition) is 4. The number of nitriles is 1. The fourth-order valence-corrected chi connectivity index (χ4v) is 3.66. The average molecular weight is 403 g/mol. The van der Waals surface area contributed by atoms with Crippen LogP contribution in [0.2, 0.25) is 0 Å².